The van der Waals surface area contributed by atoms with Crippen molar-refractivity contribution in [3.63, 3.8) is 0 Å². The quantitative estimate of drug-likeness (QED) is 0.288. The highest BCUT2D eigenvalue weighted by Gasteiger charge is 2.76. The highest BCUT2D eigenvalue weighted by atomic mass is 16.7. The molecule has 1 spiro atoms. The molecule has 1 aromatic heterocycles. The summed E-state index contributed by atoms with van der Waals surface area (Å²) in [6.07, 6.45) is -4.09. The van der Waals surface area contributed by atoms with Gasteiger partial charge in [-0.2, -0.15) is 0 Å². The van der Waals surface area contributed by atoms with Crippen molar-refractivity contribution in [3.8, 4) is 0 Å². The summed E-state index contributed by atoms with van der Waals surface area (Å²) in [5, 5.41) is 40.5. The van der Waals surface area contributed by atoms with Crippen molar-refractivity contribution in [1.29, 1.82) is 0 Å². The first-order chi connectivity index (χ1) is 18.1. The molecule has 1 aromatic rings. The predicted molar refractivity (Wildman–Crippen MR) is 123 cm³/mol. The van der Waals surface area contributed by atoms with E-state index in [1.165, 1.54) is 7.11 Å². The fourth-order valence-corrected chi connectivity index (χ4v) is 7.83. The Labute approximate surface area is 218 Å². The van der Waals surface area contributed by atoms with Gasteiger partial charge in [0.1, 0.15) is 30.5 Å². The first kappa shape index (κ1) is 26.2. The summed E-state index contributed by atoms with van der Waals surface area (Å²) in [6.45, 7) is 1.41. The number of aliphatic hydroxyl groups is 4. The van der Waals surface area contributed by atoms with E-state index in [2.05, 4.69) is 0 Å². The van der Waals surface area contributed by atoms with E-state index in [1.807, 2.05) is 6.92 Å². The Morgan fingerprint density at radius 1 is 1.16 bits per heavy atom. The number of ether oxygens (including phenoxy) is 5. The molecule has 38 heavy (non-hydrogen) atoms. The van der Waals surface area contributed by atoms with Gasteiger partial charge in [-0.1, -0.05) is 6.92 Å². The van der Waals surface area contributed by atoms with Gasteiger partial charge >= 0.3 is 11.9 Å². The molecule has 3 saturated heterocycles. The van der Waals surface area contributed by atoms with Crippen LogP contribution in [-0.2, 0) is 33.3 Å². The molecule has 0 radical (unpaired) electrons. The highest BCUT2D eigenvalue weighted by Crippen LogP contribution is 2.69. The molecule has 4 N–H and O–H groups in total. The third-order valence-electron chi connectivity index (χ3n) is 9.76. The smallest absolute Gasteiger partial charge is 0.339 e. The maximum atomic E-state index is 13.4. The predicted octanol–water partition coefficient (Wildman–Crippen LogP) is -0.184. The molecule has 12 heteroatoms. The van der Waals surface area contributed by atoms with Crippen molar-refractivity contribution in [3.05, 3.63) is 24.2 Å². The Morgan fingerprint density at radius 3 is 2.63 bits per heavy atom. The number of furan rings is 1. The summed E-state index contributed by atoms with van der Waals surface area (Å²) in [6, 6.07) is 1.81. The van der Waals surface area contributed by atoms with Gasteiger partial charge in [0.25, 0.3) is 0 Å². The van der Waals surface area contributed by atoms with Crippen molar-refractivity contribution in [2.45, 2.75) is 87.2 Å². The third kappa shape index (κ3) is 3.61. The van der Waals surface area contributed by atoms with Gasteiger partial charge in [0.05, 0.1) is 44.4 Å². The largest absolute Gasteiger partial charge is 0.472 e. The van der Waals surface area contributed by atoms with Crippen LogP contribution in [0.1, 0.15) is 44.3 Å². The van der Waals surface area contributed by atoms with Gasteiger partial charge in [-0.25, -0.2) is 4.79 Å². The molecule has 0 amide bonds. The number of fused-ring (bicyclic) bond motifs is 4. The monoisotopic (exact) mass is 538 g/mol. The minimum Gasteiger partial charge on any atom is -0.472 e. The second-order valence-corrected chi connectivity index (χ2v) is 11.5. The SMILES string of the molecule is COC(=O)[C@@H]1C[C@H](O[C@@H]2O[C@H](CO)[C@@H](O)[C@H](O)[C@H]2O)C[C@@H]2[C@@H]1[C@@H]1C[C@@]3(O[C@@H](c4ccoc4)C[C@@]23C)C(=O)O1. The van der Waals surface area contributed by atoms with Gasteiger partial charge < -0.3 is 48.5 Å². The van der Waals surface area contributed by atoms with Crippen LogP contribution in [0.5, 0.6) is 0 Å². The van der Waals surface area contributed by atoms with Crippen molar-refractivity contribution in [2.75, 3.05) is 13.7 Å². The zero-order chi connectivity index (χ0) is 27.0. The van der Waals surface area contributed by atoms with Gasteiger partial charge in [0.2, 0.25) is 0 Å². The van der Waals surface area contributed by atoms with Gasteiger partial charge in [0, 0.05) is 23.3 Å². The Bertz CT molecular complexity index is 1060. The summed E-state index contributed by atoms with van der Waals surface area (Å²) < 4.78 is 34.5. The van der Waals surface area contributed by atoms with Gasteiger partial charge in [-0.15, -0.1) is 0 Å². The van der Waals surface area contributed by atoms with E-state index in [1.54, 1.807) is 18.6 Å². The van der Waals surface area contributed by atoms with E-state index in [0.29, 0.717) is 19.3 Å². The van der Waals surface area contributed by atoms with Crippen LogP contribution in [0.4, 0.5) is 0 Å². The normalized spacial score (nSPS) is 49.7. The number of aliphatic hydroxyl groups excluding tert-OH is 4. The Hall–Kier alpha value is -2.06. The van der Waals surface area contributed by atoms with Crippen LogP contribution in [-0.4, -0.2) is 94.6 Å². The maximum absolute atomic E-state index is 13.4. The number of carbonyl (C=O) groups excluding carboxylic acids is 2. The molecular formula is C26H34O12. The first-order valence-corrected chi connectivity index (χ1v) is 13.1. The fraction of sp³-hybridized carbons (Fsp3) is 0.769. The second kappa shape index (κ2) is 9.26. The van der Waals surface area contributed by atoms with Crippen LogP contribution in [0.15, 0.2) is 23.0 Å². The zero-order valence-electron chi connectivity index (χ0n) is 21.2. The van der Waals surface area contributed by atoms with Crippen molar-refractivity contribution >= 4 is 11.9 Å². The molecule has 6 rings (SSSR count). The van der Waals surface area contributed by atoms with Crippen LogP contribution < -0.4 is 0 Å². The Balaban J connectivity index is 1.33. The summed E-state index contributed by atoms with van der Waals surface area (Å²) in [5.74, 6) is -2.12. The molecule has 2 saturated carbocycles. The molecule has 13 atom stereocenters. The van der Waals surface area contributed by atoms with Crippen LogP contribution in [0.3, 0.4) is 0 Å². The summed E-state index contributed by atoms with van der Waals surface area (Å²) in [4.78, 5) is 26.5. The Kier molecular flexibility index (Phi) is 6.38. The first-order valence-electron chi connectivity index (χ1n) is 13.1. The standard InChI is InChI=1S/C26H34O12/c1-25-7-15(11-3-4-34-10-11)38-26(25)8-16(37-24(26)32)18-13(22(31)33-2)5-12(6-14(18)25)35-23-21(30)20(29)19(28)17(9-27)36-23/h3-4,10,12-21,23,27-30H,5-9H2,1-2H3/t12-,13+,14+,15+,16-,17+,18+,19+,20-,21+,23+,25-,26+/m0/s1. The molecule has 210 valence electrons. The fourth-order valence-electron chi connectivity index (χ4n) is 7.83. The summed E-state index contributed by atoms with van der Waals surface area (Å²) in [7, 11) is 1.31. The number of esters is 2. The minimum atomic E-state index is -1.59. The van der Waals surface area contributed by atoms with Crippen molar-refractivity contribution in [2.24, 2.45) is 23.2 Å². The van der Waals surface area contributed by atoms with Gasteiger partial charge in [0.15, 0.2) is 11.9 Å². The molecule has 4 heterocycles. The van der Waals surface area contributed by atoms with E-state index in [4.69, 9.17) is 28.1 Å². The minimum absolute atomic E-state index is 0.214. The van der Waals surface area contributed by atoms with E-state index in [0.717, 1.165) is 5.56 Å². The lowest BCUT2D eigenvalue weighted by atomic mass is 9.49. The third-order valence-corrected chi connectivity index (χ3v) is 9.76. The lowest BCUT2D eigenvalue weighted by Gasteiger charge is -2.54. The molecule has 2 bridgehead atoms. The van der Waals surface area contributed by atoms with Crippen LogP contribution >= 0.6 is 0 Å². The number of hydrogen-bond donors (Lipinski definition) is 4. The molecule has 0 aromatic carbocycles. The molecule has 5 aliphatic rings. The van der Waals surface area contributed by atoms with E-state index < -0.39 is 84.5 Å². The molecule has 12 nitrogen and oxygen atoms in total. The van der Waals surface area contributed by atoms with Gasteiger partial charge in [-0.05, 0) is 31.2 Å². The van der Waals surface area contributed by atoms with E-state index in [9.17, 15) is 30.0 Å². The average molecular weight is 539 g/mol. The molecular weight excluding hydrogens is 504 g/mol. The second-order valence-electron chi connectivity index (χ2n) is 11.5. The lowest BCUT2D eigenvalue weighted by molar-refractivity contribution is -0.317. The van der Waals surface area contributed by atoms with Crippen LogP contribution in [0.2, 0.25) is 0 Å². The molecule has 3 aliphatic heterocycles. The number of carbonyl (C=O) groups is 2. The maximum Gasteiger partial charge on any atom is 0.339 e. The number of methoxy groups -OCH3 is 1. The zero-order valence-corrected chi connectivity index (χ0v) is 21.2. The molecule has 0 unspecified atom stereocenters. The highest BCUT2D eigenvalue weighted by molar-refractivity contribution is 5.85. The summed E-state index contributed by atoms with van der Waals surface area (Å²) in [5.41, 5.74) is -1.09. The average Bonchev–Trinajstić information content (AvgIpc) is 3.62. The van der Waals surface area contributed by atoms with Crippen LogP contribution in [0, 0.1) is 23.2 Å². The number of hydrogen-bond acceptors (Lipinski definition) is 12. The lowest BCUT2D eigenvalue weighted by Crippen LogP contribution is -2.62. The molecule has 5 fully saturated rings. The Morgan fingerprint density at radius 2 is 1.95 bits per heavy atom. The summed E-state index contributed by atoms with van der Waals surface area (Å²) >= 11 is 0. The topological polar surface area (TPSA) is 174 Å². The molecule has 2 aliphatic carbocycles. The van der Waals surface area contributed by atoms with Crippen LogP contribution in [0.25, 0.3) is 0 Å². The van der Waals surface area contributed by atoms with E-state index >= 15 is 0 Å². The number of rotatable bonds is 5. The van der Waals surface area contributed by atoms with E-state index in [-0.39, 0.29) is 18.3 Å². The van der Waals surface area contributed by atoms with Crippen molar-refractivity contribution < 1.29 is 58.1 Å². The van der Waals surface area contributed by atoms with Crippen molar-refractivity contribution in [1.82, 2.24) is 0 Å². The van der Waals surface area contributed by atoms with Gasteiger partial charge in [-0.3, -0.25) is 4.79 Å².